The van der Waals surface area contributed by atoms with Crippen LogP contribution < -0.4 is 19.5 Å². The Balaban J connectivity index is 1.49. The zero-order chi connectivity index (χ0) is 22.9. The van der Waals surface area contributed by atoms with E-state index in [1.165, 1.54) is 33.3 Å². The van der Waals surface area contributed by atoms with Gasteiger partial charge in [-0.05, 0) is 78.9 Å². The van der Waals surface area contributed by atoms with Crippen molar-refractivity contribution in [2.45, 2.75) is 32.9 Å². The minimum Gasteiger partial charge on any atom is -0.497 e. The van der Waals surface area contributed by atoms with Gasteiger partial charge < -0.3 is 24.5 Å². The number of benzene rings is 3. The molecule has 0 aliphatic carbocycles. The molecular weight excluding hydrogens is 412 g/mol. The number of rotatable bonds is 6. The molecule has 0 saturated carbocycles. The van der Waals surface area contributed by atoms with Crippen LogP contribution in [0.1, 0.15) is 39.6 Å². The number of aromatic nitrogens is 1. The molecule has 33 heavy (non-hydrogen) atoms. The van der Waals surface area contributed by atoms with Crippen LogP contribution in [0.25, 0.3) is 10.9 Å². The first-order valence-electron chi connectivity index (χ1n) is 11.4. The van der Waals surface area contributed by atoms with Crippen LogP contribution in [-0.2, 0) is 13.0 Å². The molecule has 5 nitrogen and oxygen atoms in total. The van der Waals surface area contributed by atoms with Crippen LogP contribution in [-0.4, -0.2) is 25.7 Å². The Morgan fingerprint density at radius 3 is 2.64 bits per heavy atom. The quantitative estimate of drug-likeness (QED) is 0.407. The summed E-state index contributed by atoms with van der Waals surface area (Å²) in [5, 5.41) is 4.93. The third-order valence-electron chi connectivity index (χ3n) is 6.73. The molecule has 2 N–H and O–H groups in total. The zero-order valence-corrected chi connectivity index (χ0v) is 19.6. The molecule has 0 fully saturated rings. The third-order valence-corrected chi connectivity index (χ3v) is 6.73. The molecule has 1 aliphatic rings. The van der Waals surface area contributed by atoms with Crippen molar-refractivity contribution in [2.24, 2.45) is 0 Å². The fourth-order valence-corrected chi connectivity index (χ4v) is 4.75. The first kappa shape index (κ1) is 21.4. The Hall–Kier alpha value is -3.44. The van der Waals surface area contributed by atoms with Gasteiger partial charge in [-0.2, -0.15) is 0 Å². The molecule has 0 radical (unpaired) electrons. The van der Waals surface area contributed by atoms with E-state index in [0.29, 0.717) is 6.61 Å². The molecule has 1 aromatic heterocycles. The van der Waals surface area contributed by atoms with Gasteiger partial charge in [-0.15, -0.1) is 0 Å². The summed E-state index contributed by atoms with van der Waals surface area (Å²) in [6.45, 7) is 5.56. The molecule has 4 aromatic rings. The number of hydrogen-bond acceptors (Lipinski definition) is 4. The second-order valence-electron chi connectivity index (χ2n) is 8.62. The lowest BCUT2D eigenvalue weighted by Crippen LogP contribution is -2.30. The maximum atomic E-state index is 6.21. The number of aryl methyl sites for hydroxylation is 1. The Kier molecular flexibility index (Phi) is 5.73. The SMILES string of the molecule is COc1ccc2[nH]c3c(c2c1)CCNC3c1ccc(OC)c(COc2cccc(C)c2C)c1. The van der Waals surface area contributed by atoms with Crippen molar-refractivity contribution in [3.8, 4) is 17.2 Å². The van der Waals surface area contributed by atoms with E-state index in [-0.39, 0.29) is 6.04 Å². The molecule has 5 rings (SSSR count). The summed E-state index contributed by atoms with van der Waals surface area (Å²) < 4.78 is 17.3. The van der Waals surface area contributed by atoms with Gasteiger partial charge in [0.2, 0.25) is 0 Å². The summed E-state index contributed by atoms with van der Waals surface area (Å²) >= 11 is 0. The summed E-state index contributed by atoms with van der Waals surface area (Å²) in [5.41, 5.74) is 8.33. The topological polar surface area (TPSA) is 55.5 Å². The summed E-state index contributed by atoms with van der Waals surface area (Å²) in [6.07, 6.45) is 0.984. The normalized spacial score (nSPS) is 15.3. The van der Waals surface area contributed by atoms with E-state index in [1.54, 1.807) is 14.2 Å². The van der Waals surface area contributed by atoms with E-state index in [1.807, 2.05) is 24.3 Å². The fraction of sp³-hybridized carbons (Fsp3) is 0.286. The van der Waals surface area contributed by atoms with Gasteiger partial charge in [0.25, 0.3) is 0 Å². The average molecular weight is 443 g/mol. The molecule has 3 aromatic carbocycles. The van der Waals surface area contributed by atoms with Gasteiger partial charge >= 0.3 is 0 Å². The maximum Gasteiger partial charge on any atom is 0.125 e. The number of fused-ring (bicyclic) bond motifs is 3. The van der Waals surface area contributed by atoms with Crippen molar-refractivity contribution < 1.29 is 14.2 Å². The second kappa shape index (κ2) is 8.83. The lowest BCUT2D eigenvalue weighted by atomic mass is 9.93. The van der Waals surface area contributed by atoms with Crippen molar-refractivity contribution >= 4 is 10.9 Å². The molecule has 0 saturated heterocycles. The average Bonchev–Trinajstić information content (AvgIpc) is 3.22. The smallest absolute Gasteiger partial charge is 0.125 e. The van der Waals surface area contributed by atoms with Crippen molar-refractivity contribution in [3.05, 3.63) is 88.1 Å². The molecule has 0 spiro atoms. The van der Waals surface area contributed by atoms with E-state index in [4.69, 9.17) is 14.2 Å². The first-order valence-corrected chi connectivity index (χ1v) is 11.4. The van der Waals surface area contributed by atoms with Gasteiger partial charge in [-0.1, -0.05) is 18.2 Å². The second-order valence-corrected chi connectivity index (χ2v) is 8.62. The van der Waals surface area contributed by atoms with Crippen LogP contribution in [0.5, 0.6) is 17.2 Å². The molecule has 5 heteroatoms. The van der Waals surface area contributed by atoms with E-state index in [2.05, 4.69) is 54.5 Å². The van der Waals surface area contributed by atoms with E-state index in [9.17, 15) is 0 Å². The highest BCUT2D eigenvalue weighted by Gasteiger charge is 2.26. The summed E-state index contributed by atoms with van der Waals surface area (Å²) in [7, 11) is 3.42. The largest absolute Gasteiger partial charge is 0.497 e. The molecule has 1 atom stereocenters. The van der Waals surface area contributed by atoms with Crippen LogP contribution >= 0.6 is 0 Å². The van der Waals surface area contributed by atoms with Gasteiger partial charge in [0.15, 0.2) is 0 Å². The molecular formula is C28H30N2O3. The predicted molar refractivity (Wildman–Crippen MR) is 132 cm³/mol. The van der Waals surface area contributed by atoms with Gasteiger partial charge in [-0.25, -0.2) is 0 Å². The molecule has 0 bridgehead atoms. The predicted octanol–water partition coefficient (Wildman–Crippen LogP) is 5.62. The number of H-pyrrole nitrogens is 1. The highest BCUT2D eigenvalue weighted by Crippen LogP contribution is 2.36. The minimum atomic E-state index is 0.0810. The van der Waals surface area contributed by atoms with E-state index < -0.39 is 0 Å². The van der Waals surface area contributed by atoms with Crippen molar-refractivity contribution in [1.29, 1.82) is 0 Å². The highest BCUT2D eigenvalue weighted by molar-refractivity contribution is 5.86. The minimum absolute atomic E-state index is 0.0810. The number of aromatic amines is 1. The molecule has 2 heterocycles. The Morgan fingerprint density at radius 2 is 1.82 bits per heavy atom. The summed E-state index contributed by atoms with van der Waals surface area (Å²) in [5.74, 6) is 2.63. The van der Waals surface area contributed by atoms with Crippen molar-refractivity contribution in [3.63, 3.8) is 0 Å². The van der Waals surface area contributed by atoms with Crippen molar-refractivity contribution in [1.82, 2.24) is 10.3 Å². The maximum absolute atomic E-state index is 6.21. The van der Waals surface area contributed by atoms with Crippen LogP contribution in [0, 0.1) is 13.8 Å². The Bertz CT molecular complexity index is 1310. The van der Waals surface area contributed by atoms with Crippen molar-refractivity contribution in [2.75, 3.05) is 20.8 Å². The summed E-state index contributed by atoms with van der Waals surface area (Å²) in [6, 6.07) is 18.8. The first-order chi connectivity index (χ1) is 16.1. The van der Waals surface area contributed by atoms with Crippen LogP contribution in [0.4, 0.5) is 0 Å². The Morgan fingerprint density at radius 1 is 0.939 bits per heavy atom. The molecule has 0 amide bonds. The highest BCUT2D eigenvalue weighted by atomic mass is 16.5. The van der Waals surface area contributed by atoms with E-state index in [0.717, 1.165) is 41.3 Å². The van der Waals surface area contributed by atoms with E-state index >= 15 is 0 Å². The number of methoxy groups -OCH3 is 2. The number of hydrogen-bond donors (Lipinski definition) is 2. The molecule has 170 valence electrons. The van der Waals surface area contributed by atoms with Gasteiger partial charge in [0.1, 0.15) is 23.9 Å². The van der Waals surface area contributed by atoms with Crippen LogP contribution in [0.3, 0.4) is 0 Å². The molecule has 1 unspecified atom stereocenters. The van der Waals surface area contributed by atoms with Gasteiger partial charge in [0.05, 0.1) is 20.3 Å². The summed E-state index contributed by atoms with van der Waals surface area (Å²) in [4.78, 5) is 3.65. The third kappa shape index (κ3) is 3.93. The van der Waals surface area contributed by atoms with Crippen LogP contribution in [0.15, 0.2) is 54.6 Å². The van der Waals surface area contributed by atoms with Gasteiger partial charge in [-0.3, -0.25) is 0 Å². The Labute approximate surface area is 194 Å². The zero-order valence-electron chi connectivity index (χ0n) is 19.6. The standard InChI is InChI=1S/C28H30N2O3/c1-17-6-5-7-25(18(17)2)33-16-20-14-19(8-11-26(20)32-4)27-28-22(12-13-29-27)23-15-21(31-3)9-10-24(23)30-28/h5-11,14-15,27,29-30H,12-13,16H2,1-4H3. The lowest BCUT2D eigenvalue weighted by Gasteiger charge is -2.26. The van der Waals surface area contributed by atoms with Crippen LogP contribution in [0.2, 0.25) is 0 Å². The van der Waals surface area contributed by atoms with Gasteiger partial charge in [0, 0.05) is 28.7 Å². The lowest BCUT2D eigenvalue weighted by molar-refractivity contribution is 0.294. The monoisotopic (exact) mass is 442 g/mol. The number of ether oxygens (including phenoxy) is 3. The number of nitrogens with one attached hydrogen (secondary N) is 2. The molecule has 1 aliphatic heterocycles. The fourth-order valence-electron chi connectivity index (χ4n) is 4.75.